The third kappa shape index (κ3) is 21.2. The summed E-state index contributed by atoms with van der Waals surface area (Å²) in [4.78, 5) is 74.1. The van der Waals surface area contributed by atoms with Crippen LogP contribution in [0.15, 0.2) is 0 Å². The predicted molar refractivity (Wildman–Crippen MR) is 131 cm³/mol. The van der Waals surface area contributed by atoms with Crippen LogP contribution in [0.4, 0.5) is 0 Å². The smallest absolute Gasteiger partial charge is 0.306 e. The van der Waals surface area contributed by atoms with Crippen LogP contribution in [0.1, 0.15) is 81.1 Å². The van der Waals surface area contributed by atoms with Crippen LogP contribution in [0, 0.1) is 17.8 Å². The summed E-state index contributed by atoms with van der Waals surface area (Å²) in [5.74, 6) is -3.01. The molecule has 1 aliphatic rings. The first-order chi connectivity index (χ1) is 15.5. The standard InChI is InChI=1S/C7H12O3.C6H11NO3.C6H9NO2.C4H8O.CH4/c1-3-6(8)4-5(2)7(9)10;1-4(3-5(8)9)6(10)7-2;1-4-3-5(8)7(2)6(4)9;1-3-4(2)5;/h5H,3-4H2,1-2H3,(H,9,10);4H,3H2,1-2H3,(H,7,10)(H,8,9);4H,3H2,1-2H3;3H2,1-2H3;1H4. The molecule has 204 valence electrons. The minimum absolute atomic E-state index is 0. The number of hydrogen-bond acceptors (Lipinski definition) is 7. The SMILES string of the molecule is C.CC1CC(=O)N(C)C1=O.CCC(=O)CC(C)C(=O)O.CCC(C)=O.CNC(=O)C(C)CC(=O)O. The molecule has 3 N–H and O–H groups in total. The maximum absolute atomic E-state index is 10.8. The van der Waals surface area contributed by atoms with E-state index in [0.29, 0.717) is 19.3 Å². The monoisotopic (exact) mass is 504 g/mol. The molecule has 0 radical (unpaired) electrons. The van der Waals surface area contributed by atoms with Gasteiger partial charge in [-0.1, -0.05) is 42.0 Å². The van der Waals surface area contributed by atoms with Crippen molar-refractivity contribution >= 4 is 41.2 Å². The van der Waals surface area contributed by atoms with E-state index in [1.165, 1.54) is 25.9 Å². The number of carboxylic acid groups (broad SMARTS) is 2. The first-order valence-corrected chi connectivity index (χ1v) is 11.0. The van der Waals surface area contributed by atoms with Crippen molar-refractivity contribution < 1.29 is 43.8 Å². The number of carbonyl (C=O) groups is 7. The topological polar surface area (TPSA) is 175 Å². The van der Waals surface area contributed by atoms with Crippen LogP contribution in [0.3, 0.4) is 0 Å². The molecular weight excluding hydrogens is 460 g/mol. The largest absolute Gasteiger partial charge is 0.481 e. The third-order valence-electron chi connectivity index (χ3n) is 4.63. The molecule has 35 heavy (non-hydrogen) atoms. The lowest BCUT2D eigenvalue weighted by Crippen LogP contribution is -2.26. The van der Waals surface area contributed by atoms with Crippen molar-refractivity contribution in [3.8, 4) is 0 Å². The van der Waals surface area contributed by atoms with E-state index in [1.54, 1.807) is 27.7 Å². The van der Waals surface area contributed by atoms with Crippen molar-refractivity contribution in [3.63, 3.8) is 0 Å². The second kappa shape index (κ2) is 21.4. The Morgan fingerprint density at radius 2 is 1.46 bits per heavy atom. The van der Waals surface area contributed by atoms with Crippen molar-refractivity contribution in [2.75, 3.05) is 14.1 Å². The molecule has 0 spiro atoms. The molecular formula is C24H44N2O9. The summed E-state index contributed by atoms with van der Waals surface area (Å²) >= 11 is 0. The number of ketones is 2. The Balaban J connectivity index is -0.000000186. The number of carbonyl (C=O) groups excluding carboxylic acids is 5. The third-order valence-corrected chi connectivity index (χ3v) is 4.63. The first-order valence-electron chi connectivity index (χ1n) is 11.0. The fourth-order valence-electron chi connectivity index (χ4n) is 2.11. The summed E-state index contributed by atoms with van der Waals surface area (Å²) in [6, 6.07) is 0. The molecule has 1 heterocycles. The van der Waals surface area contributed by atoms with Gasteiger partial charge in [0.25, 0.3) is 0 Å². The van der Waals surface area contributed by atoms with E-state index >= 15 is 0 Å². The highest BCUT2D eigenvalue weighted by molar-refractivity contribution is 6.02. The molecule has 0 aliphatic carbocycles. The number of nitrogens with one attached hydrogen (secondary N) is 1. The van der Waals surface area contributed by atoms with E-state index < -0.39 is 23.8 Å². The molecule has 3 atom stereocenters. The van der Waals surface area contributed by atoms with Gasteiger partial charge in [0, 0.05) is 51.6 Å². The van der Waals surface area contributed by atoms with Gasteiger partial charge in [0.1, 0.15) is 11.6 Å². The second-order valence-electron chi connectivity index (χ2n) is 7.90. The molecule has 1 rings (SSSR count). The zero-order chi connectivity index (χ0) is 27.6. The molecule has 0 aromatic rings. The minimum Gasteiger partial charge on any atom is -0.481 e. The molecule has 1 fully saturated rings. The van der Waals surface area contributed by atoms with Gasteiger partial charge < -0.3 is 20.3 Å². The minimum atomic E-state index is -0.948. The summed E-state index contributed by atoms with van der Waals surface area (Å²) < 4.78 is 0. The fraction of sp³-hybridized carbons (Fsp3) is 0.708. The van der Waals surface area contributed by atoms with E-state index in [0.717, 1.165) is 0 Å². The lowest BCUT2D eigenvalue weighted by molar-refractivity contribution is -0.143. The Bertz CT molecular complexity index is 720. The van der Waals surface area contributed by atoms with Crippen molar-refractivity contribution in [1.82, 2.24) is 10.2 Å². The number of aliphatic carboxylic acids is 2. The van der Waals surface area contributed by atoms with Crippen molar-refractivity contribution in [1.29, 1.82) is 0 Å². The zero-order valence-corrected chi connectivity index (χ0v) is 21.5. The number of amides is 3. The zero-order valence-electron chi connectivity index (χ0n) is 21.5. The summed E-state index contributed by atoms with van der Waals surface area (Å²) in [6.07, 6.45) is 1.53. The number of Topliss-reactive ketones (excluding diaryl/α,β-unsaturated/α-hetero) is 2. The number of likely N-dealkylation sites (tertiary alicyclic amines) is 1. The van der Waals surface area contributed by atoms with Crippen molar-refractivity contribution in [2.24, 2.45) is 17.8 Å². The average Bonchev–Trinajstić information content (AvgIpc) is 2.98. The molecule has 11 nitrogen and oxygen atoms in total. The Labute approximate surface area is 208 Å². The van der Waals surface area contributed by atoms with Crippen LogP contribution < -0.4 is 5.32 Å². The molecule has 11 heteroatoms. The Hall–Kier alpha value is -3.11. The average molecular weight is 505 g/mol. The predicted octanol–water partition coefficient (Wildman–Crippen LogP) is 2.55. The Morgan fingerprint density at radius 1 is 1.00 bits per heavy atom. The van der Waals surface area contributed by atoms with Crippen LogP contribution >= 0.6 is 0 Å². The van der Waals surface area contributed by atoms with Crippen molar-refractivity contribution in [2.45, 2.75) is 81.1 Å². The Kier molecular flexibility index (Phi) is 23.9. The summed E-state index contributed by atoms with van der Waals surface area (Å²) in [7, 11) is 3.01. The van der Waals surface area contributed by atoms with Crippen LogP contribution in [-0.2, 0) is 33.6 Å². The molecule has 1 saturated heterocycles. The normalized spacial score (nSPS) is 15.3. The molecule has 0 saturated carbocycles. The van der Waals surface area contributed by atoms with Crippen LogP contribution in [0.25, 0.3) is 0 Å². The van der Waals surface area contributed by atoms with Crippen LogP contribution in [0.5, 0.6) is 0 Å². The van der Waals surface area contributed by atoms with Gasteiger partial charge in [-0.25, -0.2) is 0 Å². The van der Waals surface area contributed by atoms with Gasteiger partial charge in [0.15, 0.2) is 0 Å². The highest BCUT2D eigenvalue weighted by atomic mass is 16.4. The second-order valence-corrected chi connectivity index (χ2v) is 7.90. The number of imide groups is 1. The molecule has 3 amide bonds. The number of carboxylic acids is 2. The highest BCUT2D eigenvalue weighted by Gasteiger charge is 2.32. The van der Waals surface area contributed by atoms with Crippen molar-refractivity contribution in [3.05, 3.63) is 0 Å². The summed E-state index contributed by atoms with van der Waals surface area (Å²) in [6.45, 7) is 10.0. The number of hydrogen-bond donors (Lipinski definition) is 3. The van der Waals surface area contributed by atoms with Gasteiger partial charge in [-0.05, 0) is 6.92 Å². The van der Waals surface area contributed by atoms with E-state index in [9.17, 15) is 33.6 Å². The molecule has 0 bridgehead atoms. The number of nitrogens with zero attached hydrogens (tertiary/aromatic N) is 1. The lowest BCUT2D eigenvalue weighted by atomic mass is 10.0. The molecule has 1 aliphatic heterocycles. The number of rotatable bonds is 8. The fourth-order valence-corrected chi connectivity index (χ4v) is 2.11. The van der Waals surface area contributed by atoms with Gasteiger partial charge in [-0.2, -0.15) is 0 Å². The maximum Gasteiger partial charge on any atom is 0.306 e. The molecule has 0 aromatic heterocycles. The van der Waals surface area contributed by atoms with E-state index in [-0.39, 0.29) is 55.5 Å². The first kappa shape index (κ1) is 39.1. The summed E-state index contributed by atoms with van der Waals surface area (Å²) in [5, 5.41) is 19.0. The highest BCUT2D eigenvalue weighted by Crippen LogP contribution is 2.15. The molecule has 3 unspecified atom stereocenters. The lowest BCUT2D eigenvalue weighted by Gasteiger charge is -2.04. The molecule has 0 aromatic carbocycles. The van der Waals surface area contributed by atoms with E-state index in [2.05, 4.69) is 5.32 Å². The van der Waals surface area contributed by atoms with Gasteiger partial charge >= 0.3 is 11.9 Å². The maximum atomic E-state index is 10.8. The van der Waals surface area contributed by atoms with Crippen LogP contribution in [0.2, 0.25) is 0 Å². The van der Waals surface area contributed by atoms with Gasteiger partial charge in [0.2, 0.25) is 17.7 Å². The summed E-state index contributed by atoms with van der Waals surface area (Å²) in [5.41, 5.74) is 0. The Morgan fingerprint density at radius 3 is 1.66 bits per heavy atom. The van der Waals surface area contributed by atoms with Gasteiger partial charge in [-0.15, -0.1) is 0 Å². The van der Waals surface area contributed by atoms with E-state index in [4.69, 9.17) is 10.2 Å². The van der Waals surface area contributed by atoms with Gasteiger partial charge in [-0.3, -0.25) is 33.7 Å². The van der Waals surface area contributed by atoms with Gasteiger partial charge in [0.05, 0.1) is 12.3 Å². The quantitative estimate of drug-likeness (QED) is 0.419. The van der Waals surface area contributed by atoms with E-state index in [1.807, 2.05) is 6.92 Å². The van der Waals surface area contributed by atoms with Crippen LogP contribution in [-0.4, -0.2) is 70.4 Å².